The summed E-state index contributed by atoms with van der Waals surface area (Å²) < 4.78 is 0.976. The summed E-state index contributed by atoms with van der Waals surface area (Å²) in [5, 5.41) is 3.36. The molecule has 20 heavy (non-hydrogen) atoms. The molecule has 0 spiro atoms. The molecule has 0 aliphatic heterocycles. The van der Waals surface area contributed by atoms with Crippen LogP contribution in [0.5, 0.6) is 0 Å². The van der Waals surface area contributed by atoms with E-state index in [2.05, 4.69) is 76.3 Å². The predicted octanol–water partition coefficient (Wildman–Crippen LogP) is 4.60. The number of aromatic nitrogens is 2. The average molecular weight is 334 g/mol. The molecule has 4 heteroatoms. The summed E-state index contributed by atoms with van der Waals surface area (Å²) in [6.45, 7) is 7.24. The maximum absolute atomic E-state index is 4.66. The number of nitrogens with one attached hydrogen (secondary N) is 1. The quantitative estimate of drug-likeness (QED) is 0.868. The van der Waals surface area contributed by atoms with Crippen molar-refractivity contribution in [3.05, 3.63) is 40.0 Å². The fourth-order valence-electron chi connectivity index (χ4n) is 1.92. The molecule has 0 aliphatic rings. The lowest BCUT2D eigenvalue weighted by atomic mass is 10.1. The van der Waals surface area contributed by atoms with Crippen LogP contribution in [0.2, 0.25) is 0 Å². The molecule has 0 unspecified atom stereocenters. The number of anilines is 1. The van der Waals surface area contributed by atoms with Crippen LogP contribution in [-0.2, 0) is 6.42 Å². The van der Waals surface area contributed by atoms with Crippen LogP contribution < -0.4 is 5.32 Å². The predicted molar refractivity (Wildman–Crippen MR) is 88.1 cm³/mol. The first-order valence-electron chi connectivity index (χ1n) is 7.03. The Bertz CT molecular complexity index is 579. The molecular formula is C16H20BrN3. The first-order chi connectivity index (χ1) is 9.65. The molecule has 0 fully saturated rings. The molecule has 2 aromatic rings. The summed E-state index contributed by atoms with van der Waals surface area (Å²) in [4.78, 5) is 9.31. The molecule has 106 valence electrons. The number of hydrogen-bond donors (Lipinski definition) is 1. The Morgan fingerprint density at radius 3 is 2.40 bits per heavy atom. The van der Waals surface area contributed by atoms with Crippen molar-refractivity contribution >= 4 is 21.7 Å². The lowest BCUT2D eigenvalue weighted by Gasteiger charge is -2.12. The normalized spacial score (nSPS) is 10.6. The first kappa shape index (κ1) is 15.0. The molecule has 1 aromatic heterocycles. The zero-order valence-corrected chi connectivity index (χ0v) is 13.8. The fraction of sp³-hybridized carbons (Fsp3) is 0.375. The Kier molecular flexibility index (Phi) is 5.12. The second kappa shape index (κ2) is 6.84. The molecule has 0 radical (unpaired) electrons. The van der Waals surface area contributed by atoms with E-state index in [1.54, 1.807) is 0 Å². The smallest absolute Gasteiger partial charge is 0.161 e. The lowest BCUT2D eigenvalue weighted by Crippen LogP contribution is -2.07. The van der Waals surface area contributed by atoms with Crippen LogP contribution in [0.3, 0.4) is 0 Å². The number of halogens is 1. The molecule has 0 saturated carbocycles. The Balaban J connectivity index is 2.44. The van der Waals surface area contributed by atoms with Gasteiger partial charge in [0.2, 0.25) is 0 Å². The summed E-state index contributed by atoms with van der Waals surface area (Å²) in [5.41, 5.74) is 3.33. The topological polar surface area (TPSA) is 37.8 Å². The van der Waals surface area contributed by atoms with Gasteiger partial charge in [-0.3, -0.25) is 0 Å². The molecule has 2 rings (SSSR count). The Morgan fingerprint density at radius 1 is 1.10 bits per heavy atom. The van der Waals surface area contributed by atoms with Gasteiger partial charge >= 0.3 is 0 Å². The summed E-state index contributed by atoms with van der Waals surface area (Å²) in [6, 6.07) is 8.32. The minimum absolute atomic E-state index is 0.781. The minimum Gasteiger partial charge on any atom is -0.369 e. The summed E-state index contributed by atoms with van der Waals surface area (Å²) in [7, 11) is 0. The molecule has 0 saturated heterocycles. The van der Waals surface area contributed by atoms with Crippen LogP contribution in [0.4, 0.5) is 5.82 Å². The maximum Gasteiger partial charge on any atom is 0.161 e. The van der Waals surface area contributed by atoms with E-state index in [0.717, 1.165) is 46.8 Å². The molecule has 1 heterocycles. The van der Waals surface area contributed by atoms with Crippen LogP contribution in [0.1, 0.15) is 31.5 Å². The van der Waals surface area contributed by atoms with Gasteiger partial charge in [0.15, 0.2) is 5.82 Å². The maximum atomic E-state index is 4.66. The number of nitrogens with zero attached hydrogens (tertiary/aromatic N) is 2. The molecule has 0 bridgehead atoms. The van der Waals surface area contributed by atoms with E-state index in [1.807, 2.05) is 0 Å². The van der Waals surface area contributed by atoms with Gasteiger partial charge in [0.05, 0.1) is 10.2 Å². The molecular weight excluding hydrogens is 314 g/mol. The summed E-state index contributed by atoms with van der Waals surface area (Å²) >= 11 is 3.60. The van der Waals surface area contributed by atoms with Crippen molar-refractivity contribution in [3.63, 3.8) is 0 Å². The van der Waals surface area contributed by atoms with E-state index in [0.29, 0.717) is 0 Å². The molecule has 0 amide bonds. The number of hydrogen-bond acceptors (Lipinski definition) is 3. The molecule has 0 aliphatic carbocycles. The number of rotatable bonds is 5. The highest BCUT2D eigenvalue weighted by molar-refractivity contribution is 9.10. The van der Waals surface area contributed by atoms with Gasteiger partial charge in [-0.1, -0.05) is 43.7 Å². The van der Waals surface area contributed by atoms with E-state index in [4.69, 9.17) is 0 Å². The van der Waals surface area contributed by atoms with Crippen molar-refractivity contribution in [2.45, 2.75) is 33.6 Å². The molecule has 1 N–H and O–H groups in total. The van der Waals surface area contributed by atoms with Crippen LogP contribution in [0, 0.1) is 6.92 Å². The Labute approximate surface area is 129 Å². The van der Waals surface area contributed by atoms with Gasteiger partial charge in [0.1, 0.15) is 5.82 Å². The Morgan fingerprint density at radius 2 is 1.80 bits per heavy atom. The number of benzene rings is 1. The van der Waals surface area contributed by atoms with E-state index < -0.39 is 0 Å². The average Bonchev–Trinajstić information content (AvgIpc) is 2.47. The molecule has 1 aromatic carbocycles. The third-order valence-electron chi connectivity index (χ3n) is 3.11. The van der Waals surface area contributed by atoms with Gasteiger partial charge in [-0.2, -0.15) is 0 Å². The Hall–Kier alpha value is -1.42. The van der Waals surface area contributed by atoms with E-state index in [1.165, 1.54) is 5.56 Å². The summed E-state index contributed by atoms with van der Waals surface area (Å²) in [5.74, 6) is 1.66. The van der Waals surface area contributed by atoms with Crippen molar-refractivity contribution in [3.8, 4) is 11.4 Å². The van der Waals surface area contributed by atoms with Gasteiger partial charge in [0, 0.05) is 12.1 Å². The highest BCUT2D eigenvalue weighted by Gasteiger charge is 2.12. The van der Waals surface area contributed by atoms with Crippen molar-refractivity contribution in [2.24, 2.45) is 0 Å². The molecule has 0 atom stereocenters. The zero-order chi connectivity index (χ0) is 14.5. The van der Waals surface area contributed by atoms with E-state index in [9.17, 15) is 0 Å². The van der Waals surface area contributed by atoms with E-state index >= 15 is 0 Å². The standard InChI is InChI=1S/C16H20BrN3/c1-4-10-18-16-14(17)13(5-2)19-15(20-16)12-8-6-11(3)7-9-12/h6-9H,4-5,10H2,1-3H3,(H,18,19,20). The van der Waals surface area contributed by atoms with Gasteiger partial charge in [-0.25, -0.2) is 9.97 Å². The fourth-order valence-corrected chi connectivity index (χ4v) is 2.52. The summed E-state index contributed by atoms with van der Waals surface area (Å²) in [6.07, 6.45) is 1.94. The highest BCUT2D eigenvalue weighted by atomic mass is 79.9. The van der Waals surface area contributed by atoms with Crippen molar-refractivity contribution < 1.29 is 0 Å². The van der Waals surface area contributed by atoms with Crippen LogP contribution in [0.15, 0.2) is 28.7 Å². The minimum atomic E-state index is 0.781. The lowest BCUT2D eigenvalue weighted by molar-refractivity contribution is 0.944. The van der Waals surface area contributed by atoms with Crippen LogP contribution in [-0.4, -0.2) is 16.5 Å². The van der Waals surface area contributed by atoms with Crippen molar-refractivity contribution in [1.29, 1.82) is 0 Å². The largest absolute Gasteiger partial charge is 0.369 e. The van der Waals surface area contributed by atoms with Crippen molar-refractivity contribution in [1.82, 2.24) is 9.97 Å². The molecule has 3 nitrogen and oxygen atoms in total. The monoisotopic (exact) mass is 333 g/mol. The van der Waals surface area contributed by atoms with Gasteiger partial charge in [0.25, 0.3) is 0 Å². The zero-order valence-electron chi connectivity index (χ0n) is 12.2. The second-order valence-electron chi connectivity index (χ2n) is 4.80. The first-order valence-corrected chi connectivity index (χ1v) is 7.82. The third-order valence-corrected chi connectivity index (χ3v) is 3.94. The number of aryl methyl sites for hydroxylation is 2. The van der Waals surface area contributed by atoms with Gasteiger partial charge in [-0.05, 0) is 35.7 Å². The van der Waals surface area contributed by atoms with Crippen LogP contribution in [0.25, 0.3) is 11.4 Å². The SMILES string of the molecule is CCCNc1nc(-c2ccc(C)cc2)nc(CC)c1Br. The highest BCUT2D eigenvalue weighted by Crippen LogP contribution is 2.27. The van der Waals surface area contributed by atoms with Crippen molar-refractivity contribution in [2.75, 3.05) is 11.9 Å². The second-order valence-corrected chi connectivity index (χ2v) is 5.60. The third kappa shape index (κ3) is 3.37. The van der Waals surface area contributed by atoms with Gasteiger partial charge in [-0.15, -0.1) is 0 Å². The van der Waals surface area contributed by atoms with Gasteiger partial charge < -0.3 is 5.32 Å². The van der Waals surface area contributed by atoms with Crippen LogP contribution >= 0.6 is 15.9 Å². The van der Waals surface area contributed by atoms with E-state index in [-0.39, 0.29) is 0 Å².